The van der Waals surface area contributed by atoms with Crippen molar-refractivity contribution in [2.75, 3.05) is 0 Å². The molecule has 3 aliphatic rings. The Morgan fingerprint density at radius 2 is 0.971 bits per heavy atom. The molecule has 4 unspecified atom stereocenters. The molecule has 2 saturated heterocycles. The third-order valence-corrected chi connectivity index (χ3v) is 11.0. The smallest absolute Gasteiger partial charge is 0.272 e. The largest absolute Gasteiger partial charge is 0.327 e. The highest BCUT2D eigenvalue weighted by molar-refractivity contribution is 7.89. The lowest BCUT2D eigenvalue weighted by Gasteiger charge is -2.27. The third kappa shape index (κ3) is 3.61. The molecule has 16 heteroatoms. The number of carbonyl (C=O) groups excluding carboxylic acids is 4. The van der Waals surface area contributed by atoms with Gasteiger partial charge in [0.25, 0.3) is 23.6 Å². The van der Waals surface area contributed by atoms with Gasteiger partial charge in [-0.2, -0.15) is 16.8 Å². The van der Waals surface area contributed by atoms with E-state index in [1.807, 2.05) is 0 Å². The lowest BCUT2D eigenvalue weighted by Crippen LogP contribution is -2.35. The lowest BCUT2D eigenvalue weighted by molar-refractivity contribution is -0.166. The van der Waals surface area contributed by atoms with Crippen LogP contribution in [0.4, 0.5) is 0 Å². The van der Waals surface area contributed by atoms with E-state index in [-0.39, 0.29) is 31.4 Å². The highest BCUT2D eigenvalue weighted by Crippen LogP contribution is 2.48. The number of thiophene rings is 2. The maximum Gasteiger partial charge on any atom is 0.327 e. The summed E-state index contributed by atoms with van der Waals surface area (Å²) >= 11 is 1.68. The zero-order chi connectivity index (χ0) is 24.4. The Kier molecular flexibility index (Phi) is 5.49. The summed E-state index contributed by atoms with van der Waals surface area (Å²) in [6.45, 7) is 0. The number of nitrogens with zero attached hydrogens (tertiary/aromatic N) is 2. The van der Waals surface area contributed by atoms with Crippen molar-refractivity contribution in [3.63, 3.8) is 0 Å². The summed E-state index contributed by atoms with van der Waals surface area (Å²) in [5, 5.41) is 3.31. The number of hydroxylamine groups is 4. The summed E-state index contributed by atoms with van der Waals surface area (Å²) in [5.74, 6) is -8.18. The van der Waals surface area contributed by atoms with Crippen LogP contribution in [-0.4, -0.2) is 50.6 Å². The van der Waals surface area contributed by atoms with Crippen LogP contribution in [0, 0.1) is 23.7 Å². The minimum Gasteiger partial charge on any atom is -0.272 e. The highest BCUT2D eigenvalue weighted by Gasteiger charge is 2.61. The number of rotatable bonds is 6. The second kappa shape index (κ2) is 8.03. The van der Waals surface area contributed by atoms with E-state index in [1.165, 1.54) is 35.0 Å². The Labute approximate surface area is 200 Å². The van der Waals surface area contributed by atoms with Crippen LogP contribution >= 0.6 is 22.7 Å². The van der Waals surface area contributed by atoms with Gasteiger partial charge < -0.3 is 0 Å². The summed E-state index contributed by atoms with van der Waals surface area (Å²) < 4.78 is 58.7. The second-order valence-electron chi connectivity index (χ2n) is 7.76. The molecule has 5 rings (SSSR count). The van der Waals surface area contributed by atoms with Crippen LogP contribution in [-0.2, 0) is 48.0 Å². The molecule has 4 heterocycles. The quantitative estimate of drug-likeness (QED) is 0.473. The summed E-state index contributed by atoms with van der Waals surface area (Å²) in [4.78, 5) is 51.3. The van der Waals surface area contributed by atoms with Crippen molar-refractivity contribution in [1.82, 2.24) is 10.1 Å². The van der Waals surface area contributed by atoms with E-state index < -0.39 is 67.5 Å². The summed E-state index contributed by atoms with van der Waals surface area (Å²) in [7, 11) is -8.85. The van der Waals surface area contributed by atoms with Crippen LogP contribution in [0.3, 0.4) is 0 Å². The molecule has 0 aromatic carbocycles. The minimum atomic E-state index is -4.42. The fourth-order valence-electron chi connectivity index (χ4n) is 4.34. The predicted octanol–water partition coefficient (Wildman–Crippen LogP) is 0.747. The molecule has 0 spiro atoms. The Morgan fingerprint density at radius 1 is 0.647 bits per heavy atom. The molecule has 4 atom stereocenters. The lowest BCUT2D eigenvalue weighted by atomic mass is 9.70. The molecule has 2 aliphatic heterocycles. The van der Waals surface area contributed by atoms with Gasteiger partial charge in [0.15, 0.2) is 0 Å². The van der Waals surface area contributed by atoms with Gasteiger partial charge in [0, 0.05) is 0 Å². The van der Waals surface area contributed by atoms with E-state index in [4.69, 9.17) is 8.57 Å². The minimum absolute atomic E-state index is 0.176. The first-order chi connectivity index (χ1) is 16.0. The van der Waals surface area contributed by atoms with Gasteiger partial charge in [-0.1, -0.05) is 12.1 Å². The van der Waals surface area contributed by atoms with Crippen LogP contribution in [0.1, 0.15) is 12.8 Å². The molecular formula is C18H14N2O10S4. The number of carbonyl (C=O) groups is 4. The van der Waals surface area contributed by atoms with E-state index >= 15 is 0 Å². The SMILES string of the molecule is O=C1C2CC3C(=O)N(OS(=O)(=O)c4cccs4)C(=O)C3CC2C(=O)N1OS(=O)(=O)c1cccs1. The second-order valence-corrected chi connectivity index (χ2v) is 13.2. The molecule has 3 fully saturated rings. The van der Waals surface area contributed by atoms with Crippen LogP contribution in [0.15, 0.2) is 43.4 Å². The molecule has 0 N–H and O–H groups in total. The van der Waals surface area contributed by atoms with E-state index in [1.54, 1.807) is 0 Å². The van der Waals surface area contributed by atoms with Crippen LogP contribution in [0.25, 0.3) is 0 Å². The molecule has 180 valence electrons. The van der Waals surface area contributed by atoms with E-state index in [9.17, 15) is 36.0 Å². The maximum absolute atomic E-state index is 12.8. The van der Waals surface area contributed by atoms with Crippen molar-refractivity contribution in [2.45, 2.75) is 21.3 Å². The fraction of sp³-hybridized carbons (Fsp3) is 0.333. The fourth-order valence-corrected chi connectivity index (χ4v) is 8.02. The molecule has 2 aromatic heterocycles. The van der Waals surface area contributed by atoms with Gasteiger partial charge in [-0.05, 0) is 35.7 Å². The van der Waals surface area contributed by atoms with Gasteiger partial charge in [0.05, 0.1) is 23.7 Å². The molecular weight excluding hydrogens is 532 g/mol. The normalized spacial score (nSPS) is 27.4. The van der Waals surface area contributed by atoms with Gasteiger partial charge >= 0.3 is 20.2 Å². The number of hydrogen-bond acceptors (Lipinski definition) is 12. The molecule has 1 saturated carbocycles. The third-order valence-electron chi connectivity index (χ3n) is 5.88. The van der Waals surface area contributed by atoms with Crippen molar-refractivity contribution < 1.29 is 44.6 Å². The first kappa shape index (κ1) is 23.3. The van der Waals surface area contributed by atoms with Gasteiger partial charge in [0.2, 0.25) is 0 Å². The first-order valence-electron chi connectivity index (χ1n) is 9.73. The average Bonchev–Trinajstić information content (AvgIpc) is 3.58. The van der Waals surface area contributed by atoms with Crippen molar-refractivity contribution in [3.8, 4) is 0 Å². The summed E-state index contributed by atoms with van der Waals surface area (Å²) in [5.41, 5.74) is 0. The summed E-state index contributed by atoms with van der Waals surface area (Å²) in [6.07, 6.45) is -0.523. The van der Waals surface area contributed by atoms with E-state index in [0.29, 0.717) is 0 Å². The molecule has 0 bridgehead atoms. The topological polar surface area (TPSA) is 161 Å². The van der Waals surface area contributed by atoms with Gasteiger partial charge in [-0.3, -0.25) is 19.2 Å². The highest BCUT2D eigenvalue weighted by atomic mass is 32.3. The standard InChI is InChI=1S/C18H14N2O10S4/c21-15-9-7-11-12(18(24)20(17(11)23)30-34(27,28)14-4-2-6-32-14)8-10(9)16(22)19(15)29-33(25,26)13-3-1-5-31-13/h1-6,9-12H,7-8H2. The van der Waals surface area contributed by atoms with Gasteiger partial charge in [-0.15, -0.1) is 41.4 Å². The Morgan fingerprint density at radius 3 is 1.24 bits per heavy atom. The number of hydrogen-bond donors (Lipinski definition) is 0. The number of amides is 4. The molecule has 34 heavy (non-hydrogen) atoms. The predicted molar refractivity (Wildman–Crippen MR) is 112 cm³/mol. The Balaban J connectivity index is 1.35. The van der Waals surface area contributed by atoms with Crippen LogP contribution in [0.5, 0.6) is 0 Å². The number of imide groups is 2. The van der Waals surface area contributed by atoms with Crippen molar-refractivity contribution in [2.24, 2.45) is 23.7 Å². The van der Waals surface area contributed by atoms with E-state index in [0.717, 1.165) is 22.7 Å². The van der Waals surface area contributed by atoms with Crippen LogP contribution < -0.4 is 0 Å². The Bertz CT molecular complexity index is 1250. The van der Waals surface area contributed by atoms with E-state index in [2.05, 4.69) is 0 Å². The van der Waals surface area contributed by atoms with Crippen molar-refractivity contribution in [1.29, 1.82) is 0 Å². The van der Waals surface area contributed by atoms with Crippen molar-refractivity contribution >= 4 is 66.5 Å². The molecule has 1 aliphatic carbocycles. The van der Waals surface area contributed by atoms with Crippen LogP contribution in [0.2, 0.25) is 0 Å². The van der Waals surface area contributed by atoms with Gasteiger partial charge in [-0.25, -0.2) is 0 Å². The molecule has 2 aromatic rings. The molecule has 4 amide bonds. The zero-order valence-electron chi connectivity index (χ0n) is 16.8. The maximum atomic E-state index is 12.8. The number of fused-ring (bicyclic) bond motifs is 2. The van der Waals surface area contributed by atoms with Gasteiger partial charge in [0.1, 0.15) is 8.42 Å². The molecule has 0 radical (unpaired) electrons. The zero-order valence-corrected chi connectivity index (χ0v) is 20.1. The molecule has 12 nitrogen and oxygen atoms in total. The first-order valence-corrected chi connectivity index (χ1v) is 14.3. The monoisotopic (exact) mass is 546 g/mol. The van der Waals surface area contributed by atoms with Crippen molar-refractivity contribution in [3.05, 3.63) is 35.0 Å². The Hall–Kier alpha value is -2.50. The average molecular weight is 547 g/mol. The summed E-state index contributed by atoms with van der Waals surface area (Å²) in [6, 6.07) is 5.41.